The van der Waals surface area contributed by atoms with Gasteiger partial charge in [-0.15, -0.1) is 0 Å². The van der Waals surface area contributed by atoms with Gasteiger partial charge in [0.1, 0.15) is 53.3 Å². The lowest BCUT2D eigenvalue weighted by Gasteiger charge is -2.33. The first-order valence-electron chi connectivity index (χ1n) is 24.0. The summed E-state index contributed by atoms with van der Waals surface area (Å²) in [6.45, 7) is 7.31. The lowest BCUT2D eigenvalue weighted by Crippen LogP contribution is -2.62. The first-order valence-corrected chi connectivity index (χ1v) is 24.0. The Hall–Kier alpha value is -8.43. The number of ether oxygens (including phenoxy) is 1. The number of non-ortho nitro benzene ring substituents is 1. The third kappa shape index (κ3) is 16.5. The number of rotatable bonds is 27. The van der Waals surface area contributed by atoms with Crippen LogP contribution in [0.15, 0.2) is 56.7 Å². The fourth-order valence-electron chi connectivity index (χ4n) is 8.29. The van der Waals surface area contributed by atoms with Crippen LogP contribution in [-0.4, -0.2) is 132 Å². The number of methoxy groups -OCH3 is 1. The number of anilines is 2. The fraction of sp³-hybridized carbons (Fsp3) is 0.511. The van der Waals surface area contributed by atoms with Crippen molar-refractivity contribution in [3.63, 3.8) is 0 Å². The number of amides is 7. The number of nitrogens with zero attached hydrogens (tertiary/aromatic N) is 5. The number of nitrogens with two attached hydrogens (primary N) is 4. The SMILES string of the molecule is COc1ccc2c(N3CCC[C@H]3C(=O)N[C@@H](CC(C)C)C(=O)NCC(=O)N[C@@H](CC(C)C)C(=O)N(C(=O)[C@@H](N)CNc3ccc([N+](=O)[O-])cc3[N+](=O)[O-])[C@@H](C)C(=O)N[C@@H](CCCN=C(N)N)C(N)=O)cc(=O)oc2c1. The van der Waals surface area contributed by atoms with Crippen molar-refractivity contribution in [1.29, 1.82) is 0 Å². The minimum atomic E-state index is -1.76. The summed E-state index contributed by atoms with van der Waals surface area (Å²) < 4.78 is 10.7. The van der Waals surface area contributed by atoms with E-state index in [0.717, 1.165) is 19.1 Å². The number of carbonyl (C=O) groups excluding carboxylic acids is 7. The van der Waals surface area contributed by atoms with Crippen LogP contribution >= 0.6 is 0 Å². The lowest BCUT2D eigenvalue weighted by molar-refractivity contribution is -0.393. The Morgan fingerprint density at radius 1 is 0.867 bits per heavy atom. The smallest absolute Gasteiger partial charge is 0.338 e. The van der Waals surface area contributed by atoms with Crippen LogP contribution in [0.3, 0.4) is 0 Å². The third-order valence-corrected chi connectivity index (χ3v) is 12.0. The highest BCUT2D eigenvalue weighted by Gasteiger charge is 2.40. The Labute approximate surface area is 430 Å². The topological polar surface area (TPSA) is 428 Å². The lowest BCUT2D eigenvalue weighted by atomic mass is 10.0. The number of nitro benzene ring substituents is 2. The van der Waals surface area contributed by atoms with E-state index < -0.39 is 118 Å². The van der Waals surface area contributed by atoms with E-state index in [1.807, 2.05) is 13.8 Å². The molecule has 28 heteroatoms. The summed E-state index contributed by atoms with van der Waals surface area (Å²) in [5.41, 5.74) is 21.1. The molecule has 0 spiro atoms. The Balaban J connectivity index is 1.56. The van der Waals surface area contributed by atoms with Crippen LogP contribution in [0.4, 0.5) is 22.7 Å². The number of hydrogen-bond acceptors (Lipinski definition) is 18. The molecule has 1 aliphatic heterocycles. The molecule has 2 aromatic carbocycles. The molecule has 0 unspecified atom stereocenters. The monoisotopic (exact) mass is 1050 g/mol. The van der Waals surface area contributed by atoms with E-state index in [2.05, 4.69) is 31.6 Å². The number of nitro groups is 2. The zero-order valence-electron chi connectivity index (χ0n) is 42.5. The molecule has 408 valence electrons. The summed E-state index contributed by atoms with van der Waals surface area (Å²) in [4.78, 5) is 137. The molecule has 1 fully saturated rings. The number of hydrogen-bond donors (Lipinski definition) is 9. The highest BCUT2D eigenvalue weighted by molar-refractivity contribution is 6.06. The molecular weight excluding hydrogens is 985 g/mol. The van der Waals surface area contributed by atoms with Gasteiger partial charge in [0.05, 0.1) is 35.3 Å². The molecule has 6 atom stereocenters. The fourth-order valence-corrected chi connectivity index (χ4v) is 8.29. The summed E-state index contributed by atoms with van der Waals surface area (Å²) in [5.74, 6) is -6.82. The quantitative estimate of drug-likeness (QED) is 0.0121. The first kappa shape index (κ1) is 59.1. The normalized spacial score (nSPS) is 15.2. The molecule has 0 radical (unpaired) electrons. The van der Waals surface area contributed by atoms with Gasteiger partial charge in [0.25, 0.3) is 17.3 Å². The number of primary amides is 1. The number of nitrogens with one attached hydrogen (secondary N) is 5. The number of fused-ring (bicyclic) bond motifs is 1. The highest BCUT2D eigenvalue weighted by Crippen LogP contribution is 2.33. The maximum Gasteiger partial charge on any atom is 0.338 e. The van der Waals surface area contributed by atoms with Gasteiger partial charge in [-0.1, -0.05) is 27.7 Å². The summed E-state index contributed by atoms with van der Waals surface area (Å²) in [7, 11) is 1.47. The Bertz CT molecular complexity index is 2710. The standard InChI is InChI=1S/C47H66N14O14/c1-24(2)17-33(57-44(67)35-10-8-16-58(35)36-21-40(63)75-38-20-28(74-6)12-13-29(36)38)43(66)54-23-39(62)55-34(18-25(3)4)46(69)59(26(5)42(65)56-32(41(49)64)9-7-15-52-47(50)51)45(68)30(48)22-53-31-14-11-27(60(70)71)19-37(31)61(72)73/h11-14,19-21,24-26,30,32-35,53H,7-10,15-18,22-23,48H2,1-6H3,(H2,49,64)(H,54,66)(H,55,62)(H,56,65)(H,57,67)(H4,50,51,52)/t26-,30-,32-,33-,34-,35-/m0/s1. The second kappa shape index (κ2) is 27.0. The van der Waals surface area contributed by atoms with Gasteiger partial charge in [0.15, 0.2) is 5.96 Å². The van der Waals surface area contributed by atoms with Crippen molar-refractivity contribution in [3.8, 4) is 5.75 Å². The van der Waals surface area contributed by atoms with Gasteiger partial charge < -0.3 is 63.6 Å². The molecular formula is C47H66N14O14. The zero-order valence-corrected chi connectivity index (χ0v) is 42.5. The van der Waals surface area contributed by atoms with Crippen LogP contribution in [0.5, 0.6) is 5.75 Å². The predicted octanol–water partition coefficient (Wildman–Crippen LogP) is -0.0284. The number of guanidine groups is 1. The molecule has 0 bridgehead atoms. The zero-order chi connectivity index (χ0) is 55.8. The Kier molecular flexibility index (Phi) is 21.3. The molecule has 1 saturated heterocycles. The summed E-state index contributed by atoms with van der Waals surface area (Å²) in [6, 6.07) is 0.600. The van der Waals surface area contributed by atoms with Gasteiger partial charge in [-0.3, -0.25) is 63.7 Å². The van der Waals surface area contributed by atoms with E-state index in [1.54, 1.807) is 36.9 Å². The van der Waals surface area contributed by atoms with Crippen LogP contribution in [-0.2, 0) is 33.6 Å². The average molecular weight is 1050 g/mol. The molecule has 0 aliphatic carbocycles. The van der Waals surface area contributed by atoms with E-state index in [9.17, 15) is 58.6 Å². The Morgan fingerprint density at radius 2 is 1.55 bits per heavy atom. The van der Waals surface area contributed by atoms with Crippen LogP contribution in [0.1, 0.15) is 73.1 Å². The molecule has 13 N–H and O–H groups in total. The van der Waals surface area contributed by atoms with Gasteiger partial charge in [-0.05, 0) is 75.5 Å². The third-order valence-electron chi connectivity index (χ3n) is 12.0. The number of imide groups is 1. The van der Waals surface area contributed by atoms with E-state index >= 15 is 0 Å². The molecule has 1 aliphatic rings. The number of benzene rings is 2. The molecule has 28 nitrogen and oxygen atoms in total. The van der Waals surface area contributed by atoms with E-state index in [0.29, 0.717) is 47.2 Å². The van der Waals surface area contributed by atoms with Crippen LogP contribution < -0.4 is 64.8 Å². The second-order valence-corrected chi connectivity index (χ2v) is 18.7. The maximum atomic E-state index is 14.7. The van der Waals surface area contributed by atoms with Gasteiger partial charge in [0.2, 0.25) is 35.4 Å². The predicted molar refractivity (Wildman–Crippen MR) is 274 cm³/mol. The van der Waals surface area contributed by atoms with Crippen LogP contribution in [0.2, 0.25) is 0 Å². The summed E-state index contributed by atoms with van der Waals surface area (Å²) >= 11 is 0. The van der Waals surface area contributed by atoms with E-state index in [-0.39, 0.29) is 61.3 Å². The molecule has 7 amide bonds. The molecule has 2 heterocycles. The van der Waals surface area contributed by atoms with Crippen molar-refractivity contribution in [2.45, 2.75) is 109 Å². The number of carbonyl (C=O) groups is 7. The molecule has 75 heavy (non-hydrogen) atoms. The van der Waals surface area contributed by atoms with Crippen molar-refractivity contribution >= 4 is 81.0 Å². The van der Waals surface area contributed by atoms with Crippen molar-refractivity contribution in [2.75, 3.05) is 43.5 Å². The first-order chi connectivity index (χ1) is 35.3. The average Bonchev–Trinajstić information content (AvgIpc) is 3.84. The molecule has 3 aromatic rings. The van der Waals surface area contributed by atoms with Gasteiger partial charge in [-0.2, -0.15) is 0 Å². The minimum absolute atomic E-state index is 0.0600. The number of aliphatic imine (C=N–C) groups is 1. The van der Waals surface area contributed by atoms with Crippen molar-refractivity contribution < 1.29 is 52.6 Å². The van der Waals surface area contributed by atoms with E-state index in [4.69, 9.17) is 32.1 Å². The summed E-state index contributed by atoms with van der Waals surface area (Å²) in [5, 5.41) is 36.5. The minimum Gasteiger partial charge on any atom is -0.497 e. The van der Waals surface area contributed by atoms with Crippen molar-refractivity contribution in [2.24, 2.45) is 39.8 Å². The van der Waals surface area contributed by atoms with E-state index in [1.165, 1.54) is 13.2 Å². The van der Waals surface area contributed by atoms with Crippen LogP contribution in [0, 0.1) is 32.1 Å². The van der Waals surface area contributed by atoms with Crippen molar-refractivity contribution in [3.05, 3.63) is 73.1 Å². The largest absolute Gasteiger partial charge is 0.497 e. The highest BCUT2D eigenvalue weighted by atomic mass is 16.6. The molecule has 4 rings (SSSR count). The molecule has 0 saturated carbocycles. The van der Waals surface area contributed by atoms with Gasteiger partial charge in [0, 0.05) is 43.2 Å². The van der Waals surface area contributed by atoms with Gasteiger partial charge in [-0.25, -0.2) is 4.79 Å². The van der Waals surface area contributed by atoms with Crippen LogP contribution in [0.25, 0.3) is 11.0 Å². The Morgan fingerprint density at radius 3 is 2.16 bits per heavy atom. The maximum absolute atomic E-state index is 14.7. The molecule has 1 aromatic heterocycles. The van der Waals surface area contributed by atoms with Crippen molar-refractivity contribution in [1.82, 2.24) is 26.2 Å². The second-order valence-electron chi connectivity index (χ2n) is 18.7. The summed E-state index contributed by atoms with van der Waals surface area (Å²) in [6.07, 6.45) is 1.09. The van der Waals surface area contributed by atoms with Gasteiger partial charge >= 0.3 is 5.63 Å².